The second kappa shape index (κ2) is 13.9. The molecule has 0 spiro atoms. The fraction of sp³-hybridized carbons (Fsp3) is 0.0175. The first-order valence-corrected chi connectivity index (χ1v) is 20.1. The number of hydrogen-bond donors (Lipinski definition) is 0. The highest BCUT2D eigenvalue weighted by Gasteiger charge is 2.47. The number of benzene rings is 10. The molecule has 0 fully saturated rings. The molecule has 1 heteroatoms. The van der Waals surface area contributed by atoms with Gasteiger partial charge in [0.1, 0.15) is 0 Å². The van der Waals surface area contributed by atoms with Crippen molar-refractivity contribution in [2.24, 2.45) is 0 Å². The monoisotopic (exact) mass is 737 g/mol. The van der Waals surface area contributed by atoms with Crippen LogP contribution in [0.15, 0.2) is 237 Å². The summed E-state index contributed by atoms with van der Waals surface area (Å²) in [6.45, 7) is 0. The van der Waals surface area contributed by atoms with E-state index in [-0.39, 0.29) is 0 Å². The Hall–Kier alpha value is -7.48. The minimum Gasteiger partial charge on any atom is -0.310 e. The second-order valence-corrected chi connectivity index (χ2v) is 15.2. The molecule has 1 aliphatic rings. The molecule has 0 N–H and O–H groups in total. The van der Waals surface area contributed by atoms with Crippen molar-refractivity contribution in [1.82, 2.24) is 0 Å². The molecule has 10 aromatic carbocycles. The quantitative estimate of drug-likeness (QED) is 0.157. The van der Waals surface area contributed by atoms with E-state index >= 15 is 0 Å². The Morgan fingerprint density at radius 2 is 0.879 bits per heavy atom. The summed E-state index contributed by atoms with van der Waals surface area (Å²) >= 11 is 0. The minimum absolute atomic E-state index is 0.499. The Balaban J connectivity index is 1.15. The van der Waals surface area contributed by atoms with Crippen LogP contribution in [0.5, 0.6) is 0 Å². The maximum Gasteiger partial charge on any atom is 0.0714 e. The Morgan fingerprint density at radius 3 is 1.67 bits per heavy atom. The number of rotatable bonds is 7. The number of fused-ring (bicyclic) bond motifs is 5. The van der Waals surface area contributed by atoms with Crippen LogP contribution < -0.4 is 4.90 Å². The molecule has 0 bridgehead atoms. The highest BCUT2D eigenvalue weighted by Crippen LogP contribution is 2.59. The summed E-state index contributed by atoms with van der Waals surface area (Å²) in [6.07, 6.45) is 0. The van der Waals surface area contributed by atoms with Crippen molar-refractivity contribution in [3.63, 3.8) is 0 Å². The van der Waals surface area contributed by atoms with Crippen molar-refractivity contribution in [2.75, 3.05) is 4.90 Å². The largest absolute Gasteiger partial charge is 0.310 e. The highest BCUT2D eigenvalue weighted by molar-refractivity contribution is 5.99. The zero-order valence-electron chi connectivity index (χ0n) is 32.0. The van der Waals surface area contributed by atoms with Gasteiger partial charge in [0.15, 0.2) is 0 Å². The fourth-order valence-electron chi connectivity index (χ4n) is 9.55. The molecule has 0 saturated carbocycles. The van der Waals surface area contributed by atoms with E-state index in [0.29, 0.717) is 0 Å². The number of anilines is 3. The summed E-state index contributed by atoms with van der Waals surface area (Å²) in [4.78, 5) is 2.47. The van der Waals surface area contributed by atoms with Gasteiger partial charge in [0.25, 0.3) is 0 Å². The summed E-state index contributed by atoms with van der Waals surface area (Å²) in [6, 6.07) is 86.9. The van der Waals surface area contributed by atoms with Gasteiger partial charge in [0.05, 0.1) is 11.1 Å². The third-order valence-electron chi connectivity index (χ3n) is 12.1. The zero-order chi connectivity index (χ0) is 38.5. The lowest BCUT2D eigenvalue weighted by atomic mass is 9.68. The van der Waals surface area contributed by atoms with Crippen molar-refractivity contribution >= 4 is 38.6 Å². The third-order valence-corrected chi connectivity index (χ3v) is 12.1. The molecule has 0 aliphatic heterocycles. The van der Waals surface area contributed by atoms with Crippen LogP contribution in [0.25, 0.3) is 54.9 Å². The topological polar surface area (TPSA) is 3.24 Å². The van der Waals surface area contributed by atoms with Crippen molar-refractivity contribution in [1.29, 1.82) is 0 Å². The molecular weight excluding hydrogens is 699 g/mol. The maximum absolute atomic E-state index is 2.47. The van der Waals surface area contributed by atoms with E-state index in [4.69, 9.17) is 0 Å². The van der Waals surface area contributed by atoms with Crippen molar-refractivity contribution in [3.8, 4) is 33.4 Å². The molecule has 0 amide bonds. The smallest absolute Gasteiger partial charge is 0.0714 e. The fourth-order valence-corrected chi connectivity index (χ4v) is 9.55. The highest BCUT2D eigenvalue weighted by atomic mass is 15.1. The molecule has 1 nitrogen and oxygen atoms in total. The Bertz CT molecular complexity index is 3060. The standard InChI is InChI=1S/C57H39N/c1-3-21-46(22-4-1)57(47-23-5-2-6-24-47)53-29-12-11-27-52(53)56-54(57)30-15-31-55(56)58(48-36-34-42(35-37-48)51-28-14-19-41-17-9-10-26-50(41)51)49-25-13-20-44(39-49)45-33-32-40-16-7-8-18-43(40)38-45/h1-39H. The lowest BCUT2D eigenvalue weighted by molar-refractivity contribution is 0.768. The van der Waals surface area contributed by atoms with Crippen molar-refractivity contribution < 1.29 is 0 Å². The summed E-state index contributed by atoms with van der Waals surface area (Å²) < 4.78 is 0. The Labute approximate surface area is 339 Å². The van der Waals surface area contributed by atoms with Crippen LogP contribution in [0.1, 0.15) is 22.3 Å². The normalized spacial score (nSPS) is 12.6. The van der Waals surface area contributed by atoms with Crippen LogP contribution in [0, 0.1) is 0 Å². The maximum atomic E-state index is 2.47. The predicted octanol–water partition coefficient (Wildman–Crippen LogP) is 15.2. The summed E-state index contributed by atoms with van der Waals surface area (Å²) in [5.41, 5.74) is 15.3. The van der Waals surface area contributed by atoms with Gasteiger partial charge >= 0.3 is 0 Å². The second-order valence-electron chi connectivity index (χ2n) is 15.2. The molecule has 272 valence electrons. The van der Waals surface area contributed by atoms with Gasteiger partial charge in [-0.3, -0.25) is 0 Å². The number of nitrogens with zero attached hydrogens (tertiary/aromatic N) is 1. The Morgan fingerprint density at radius 1 is 0.310 bits per heavy atom. The first-order valence-electron chi connectivity index (χ1n) is 20.1. The van der Waals surface area contributed by atoms with Crippen LogP contribution in [0.2, 0.25) is 0 Å². The molecule has 0 heterocycles. The van der Waals surface area contributed by atoms with Gasteiger partial charge in [-0.1, -0.05) is 200 Å². The molecule has 10 aromatic rings. The zero-order valence-corrected chi connectivity index (χ0v) is 32.0. The number of hydrogen-bond acceptors (Lipinski definition) is 1. The first-order chi connectivity index (χ1) is 28.8. The van der Waals surface area contributed by atoms with E-state index < -0.39 is 5.41 Å². The Kier molecular flexibility index (Phi) is 8.12. The van der Waals surface area contributed by atoms with E-state index in [1.54, 1.807) is 0 Å². The van der Waals surface area contributed by atoms with E-state index in [1.807, 2.05) is 0 Å². The van der Waals surface area contributed by atoms with Crippen molar-refractivity contribution in [3.05, 3.63) is 259 Å². The molecule has 1 aliphatic carbocycles. The van der Waals surface area contributed by atoms with Gasteiger partial charge in [-0.2, -0.15) is 0 Å². The SMILES string of the molecule is c1ccc(C2(c3ccccc3)c3ccccc3-c3c(N(c4ccc(-c5cccc6ccccc56)cc4)c4cccc(-c5ccc6ccccc6c5)c4)cccc32)cc1. The van der Waals surface area contributed by atoms with Crippen LogP contribution in [-0.2, 0) is 5.41 Å². The van der Waals surface area contributed by atoms with E-state index in [9.17, 15) is 0 Å². The minimum atomic E-state index is -0.499. The predicted molar refractivity (Wildman–Crippen MR) is 244 cm³/mol. The van der Waals surface area contributed by atoms with Crippen LogP contribution >= 0.6 is 0 Å². The van der Waals surface area contributed by atoms with Crippen LogP contribution in [0.4, 0.5) is 17.1 Å². The summed E-state index contributed by atoms with van der Waals surface area (Å²) in [5.74, 6) is 0. The third kappa shape index (κ3) is 5.39. The lowest BCUT2D eigenvalue weighted by Gasteiger charge is -2.34. The average Bonchev–Trinajstić information content (AvgIpc) is 3.61. The van der Waals surface area contributed by atoms with Crippen LogP contribution in [0.3, 0.4) is 0 Å². The van der Waals surface area contributed by atoms with Crippen LogP contribution in [-0.4, -0.2) is 0 Å². The molecule has 58 heavy (non-hydrogen) atoms. The molecule has 0 atom stereocenters. The van der Waals surface area contributed by atoms with E-state index in [1.165, 1.54) is 77.2 Å². The first kappa shape index (κ1) is 33.8. The molecule has 11 rings (SSSR count). The molecular formula is C57H39N. The van der Waals surface area contributed by atoms with Gasteiger partial charge in [0.2, 0.25) is 0 Å². The van der Waals surface area contributed by atoms with Gasteiger partial charge < -0.3 is 4.90 Å². The van der Waals surface area contributed by atoms with Gasteiger partial charge in [-0.15, -0.1) is 0 Å². The van der Waals surface area contributed by atoms with E-state index in [2.05, 4.69) is 241 Å². The average molecular weight is 738 g/mol. The van der Waals surface area contributed by atoms with Crippen molar-refractivity contribution in [2.45, 2.75) is 5.41 Å². The summed E-state index contributed by atoms with van der Waals surface area (Å²) in [7, 11) is 0. The molecule has 0 saturated heterocycles. The molecule has 0 radical (unpaired) electrons. The van der Waals surface area contributed by atoms with E-state index in [0.717, 1.165) is 17.1 Å². The van der Waals surface area contributed by atoms with Gasteiger partial charge in [-0.05, 0) is 108 Å². The summed E-state index contributed by atoms with van der Waals surface area (Å²) in [5, 5.41) is 4.99. The molecule has 0 unspecified atom stereocenters. The lowest BCUT2D eigenvalue weighted by Crippen LogP contribution is -2.28. The molecule has 0 aromatic heterocycles. The van der Waals surface area contributed by atoms with Gasteiger partial charge in [0, 0.05) is 16.9 Å². The van der Waals surface area contributed by atoms with Gasteiger partial charge in [-0.25, -0.2) is 0 Å².